The molecule has 0 radical (unpaired) electrons. The van der Waals surface area contributed by atoms with Gasteiger partial charge in [-0.05, 0) is 57.8 Å². The summed E-state index contributed by atoms with van der Waals surface area (Å²) in [5, 5.41) is 0. The van der Waals surface area contributed by atoms with E-state index in [0.717, 1.165) is 104 Å². The lowest BCUT2D eigenvalue weighted by Crippen LogP contribution is -2.09. The number of rotatable bonds is 33. The van der Waals surface area contributed by atoms with E-state index in [4.69, 9.17) is 52.1 Å². The molecule has 258 valence electrons. The van der Waals surface area contributed by atoms with Crippen LogP contribution in [0.4, 0.5) is 0 Å². The lowest BCUT2D eigenvalue weighted by atomic mass is 10.2. The number of hydrogen-bond acceptors (Lipinski definition) is 11. The van der Waals surface area contributed by atoms with E-state index in [1.165, 1.54) is 6.42 Å². The summed E-state index contributed by atoms with van der Waals surface area (Å²) in [5.41, 5.74) is 0. The molecule has 0 aromatic carbocycles. The second kappa shape index (κ2) is 50.2. The van der Waals surface area contributed by atoms with Crippen LogP contribution in [0, 0.1) is 0 Å². The van der Waals surface area contributed by atoms with E-state index in [1.807, 2.05) is 0 Å². The van der Waals surface area contributed by atoms with Gasteiger partial charge < -0.3 is 52.1 Å². The average molecular weight is 617 g/mol. The zero-order valence-corrected chi connectivity index (χ0v) is 28.2. The summed E-state index contributed by atoms with van der Waals surface area (Å²) in [6.07, 6.45) is 9.87. The molecule has 0 bridgehead atoms. The molecular formula is C31H68O11. The zero-order valence-electron chi connectivity index (χ0n) is 28.2. The highest BCUT2D eigenvalue weighted by atomic mass is 16.5. The molecule has 0 atom stereocenters. The van der Waals surface area contributed by atoms with E-state index >= 15 is 0 Å². The van der Waals surface area contributed by atoms with E-state index < -0.39 is 0 Å². The van der Waals surface area contributed by atoms with E-state index in [9.17, 15) is 0 Å². The van der Waals surface area contributed by atoms with Crippen LogP contribution in [0.1, 0.15) is 57.8 Å². The topological polar surface area (TPSA) is 102 Å². The van der Waals surface area contributed by atoms with Gasteiger partial charge in [-0.25, -0.2) is 0 Å². The molecule has 0 saturated carbocycles. The molecule has 42 heavy (non-hydrogen) atoms. The summed E-state index contributed by atoms with van der Waals surface area (Å²) in [4.78, 5) is 0. The maximum absolute atomic E-state index is 5.46. The van der Waals surface area contributed by atoms with Crippen LogP contribution in [0.3, 0.4) is 0 Å². The van der Waals surface area contributed by atoms with Crippen molar-refractivity contribution in [1.82, 2.24) is 0 Å². The molecule has 0 aromatic rings. The summed E-state index contributed by atoms with van der Waals surface area (Å²) in [7, 11) is 10.2. The summed E-state index contributed by atoms with van der Waals surface area (Å²) < 4.78 is 56.0. The molecular weight excluding hydrogens is 548 g/mol. The van der Waals surface area contributed by atoms with Gasteiger partial charge in [0, 0.05) is 95.5 Å². The maximum Gasteiger partial charge on any atom is 0.0701 e. The van der Waals surface area contributed by atoms with Crippen molar-refractivity contribution in [2.75, 3.05) is 148 Å². The van der Waals surface area contributed by atoms with Crippen molar-refractivity contribution in [3.63, 3.8) is 0 Å². The third-order valence-corrected chi connectivity index (χ3v) is 5.41. The largest absolute Gasteiger partial charge is 0.385 e. The highest BCUT2D eigenvalue weighted by Crippen LogP contribution is 1.97. The molecule has 0 aliphatic carbocycles. The number of hydrogen-bond donors (Lipinski definition) is 0. The molecule has 0 heterocycles. The van der Waals surface area contributed by atoms with Gasteiger partial charge in [0.2, 0.25) is 0 Å². The van der Waals surface area contributed by atoms with Crippen LogP contribution in [0.15, 0.2) is 0 Å². The Morgan fingerprint density at radius 1 is 0.190 bits per heavy atom. The van der Waals surface area contributed by atoms with Crippen molar-refractivity contribution in [1.29, 1.82) is 0 Å². The maximum atomic E-state index is 5.46. The summed E-state index contributed by atoms with van der Waals surface area (Å²) >= 11 is 0. The minimum absolute atomic E-state index is 0.642. The molecule has 0 fully saturated rings. The molecule has 0 amide bonds. The summed E-state index contributed by atoms with van der Waals surface area (Å²) in [6, 6.07) is 0. The Labute approximate surface area is 258 Å². The van der Waals surface area contributed by atoms with Gasteiger partial charge in [-0.3, -0.25) is 0 Å². The first-order chi connectivity index (χ1) is 20.7. The predicted molar refractivity (Wildman–Crippen MR) is 167 cm³/mol. The van der Waals surface area contributed by atoms with Crippen LogP contribution in [-0.4, -0.2) is 148 Å². The smallest absolute Gasteiger partial charge is 0.0701 e. The van der Waals surface area contributed by atoms with Crippen LogP contribution in [-0.2, 0) is 52.1 Å². The highest BCUT2D eigenvalue weighted by Gasteiger charge is 1.93. The first kappa shape index (κ1) is 46.0. The van der Waals surface area contributed by atoms with Gasteiger partial charge in [0.15, 0.2) is 0 Å². The Morgan fingerprint density at radius 3 is 0.690 bits per heavy atom. The van der Waals surface area contributed by atoms with Gasteiger partial charge >= 0.3 is 0 Å². The molecule has 0 aliphatic rings. The molecule has 0 unspecified atom stereocenters. The predicted octanol–water partition coefficient (Wildman–Crippen LogP) is 4.43. The summed E-state index contributed by atoms with van der Waals surface area (Å²) in [6.45, 7) is 12.0. The van der Waals surface area contributed by atoms with Crippen LogP contribution in [0.2, 0.25) is 0 Å². The summed E-state index contributed by atoms with van der Waals surface area (Å²) in [5.74, 6) is 0. The van der Waals surface area contributed by atoms with Crippen LogP contribution >= 0.6 is 0 Å². The van der Waals surface area contributed by atoms with Gasteiger partial charge in [0.05, 0.1) is 52.9 Å². The fourth-order valence-electron chi connectivity index (χ4n) is 2.99. The number of methoxy groups -OCH3 is 6. The SMILES string of the molecule is COCCCCCOCCCCOC.COCCCCOCCOCCOC.COCCOCCCCOCCOC. The van der Waals surface area contributed by atoms with E-state index in [0.29, 0.717) is 52.9 Å². The third-order valence-electron chi connectivity index (χ3n) is 5.41. The molecule has 0 aliphatic heterocycles. The molecule has 0 N–H and O–H groups in total. The minimum atomic E-state index is 0.642. The van der Waals surface area contributed by atoms with E-state index in [1.54, 1.807) is 42.7 Å². The van der Waals surface area contributed by atoms with Crippen LogP contribution < -0.4 is 0 Å². The lowest BCUT2D eigenvalue weighted by Gasteiger charge is -2.05. The molecule has 0 rings (SSSR count). The molecule has 11 nitrogen and oxygen atoms in total. The lowest BCUT2D eigenvalue weighted by molar-refractivity contribution is 0.0230. The molecule has 11 heteroatoms. The highest BCUT2D eigenvalue weighted by molar-refractivity contribution is 4.42. The monoisotopic (exact) mass is 616 g/mol. The Kier molecular flexibility index (Phi) is 55.0. The van der Waals surface area contributed by atoms with Gasteiger partial charge in [-0.2, -0.15) is 0 Å². The van der Waals surface area contributed by atoms with Crippen LogP contribution in [0.25, 0.3) is 0 Å². The van der Waals surface area contributed by atoms with Crippen molar-refractivity contribution in [3.05, 3.63) is 0 Å². The molecule has 0 saturated heterocycles. The second-order valence-corrected chi connectivity index (χ2v) is 9.20. The zero-order chi connectivity index (χ0) is 31.5. The first-order valence-electron chi connectivity index (χ1n) is 15.6. The molecule has 0 aromatic heterocycles. The van der Waals surface area contributed by atoms with Gasteiger partial charge in [-0.1, -0.05) is 0 Å². The van der Waals surface area contributed by atoms with Gasteiger partial charge in [0.1, 0.15) is 0 Å². The van der Waals surface area contributed by atoms with Crippen molar-refractivity contribution in [2.24, 2.45) is 0 Å². The van der Waals surface area contributed by atoms with Crippen molar-refractivity contribution >= 4 is 0 Å². The number of unbranched alkanes of at least 4 members (excludes halogenated alkanes) is 5. The normalized spacial score (nSPS) is 10.7. The van der Waals surface area contributed by atoms with Gasteiger partial charge in [-0.15, -0.1) is 0 Å². The third kappa shape index (κ3) is 55.5. The Balaban J connectivity index is -0.000000543. The van der Waals surface area contributed by atoms with Crippen LogP contribution in [0.5, 0.6) is 0 Å². The van der Waals surface area contributed by atoms with Crippen molar-refractivity contribution in [3.8, 4) is 0 Å². The Hall–Kier alpha value is -0.440. The quantitative estimate of drug-likeness (QED) is 0.0979. The fourth-order valence-corrected chi connectivity index (χ4v) is 2.99. The van der Waals surface area contributed by atoms with Crippen molar-refractivity contribution < 1.29 is 52.1 Å². The van der Waals surface area contributed by atoms with Crippen molar-refractivity contribution in [2.45, 2.75) is 57.8 Å². The second-order valence-electron chi connectivity index (χ2n) is 9.20. The standard InChI is InChI=1S/C11H24O3.2C10H22O4/c1-12-8-4-3-5-10-14-11-7-6-9-13-2;1-11-7-9-13-5-3-4-6-14-10-8-12-2;1-11-5-3-4-6-13-9-10-14-8-7-12-2/h3-11H2,1-2H3;2*3-10H2,1-2H3. The molecule has 0 spiro atoms. The average Bonchev–Trinajstić information content (AvgIpc) is 3.01. The van der Waals surface area contributed by atoms with Gasteiger partial charge in [0.25, 0.3) is 0 Å². The number of ether oxygens (including phenoxy) is 11. The Morgan fingerprint density at radius 2 is 0.381 bits per heavy atom. The van der Waals surface area contributed by atoms with E-state index in [-0.39, 0.29) is 0 Å². The first-order valence-corrected chi connectivity index (χ1v) is 15.6. The van der Waals surface area contributed by atoms with E-state index in [2.05, 4.69) is 0 Å². The Bertz CT molecular complexity index is 314. The minimum Gasteiger partial charge on any atom is -0.385 e. The fraction of sp³-hybridized carbons (Fsp3) is 1.00.